The van der Waals surface area contributed by atoms with E-state index >= 15 is 0 Å². The molecule has 3 aromatic rings. The number of nitrogens with one attached hydrogen (secondary N) is 2. The van der Waals surface area contributed by atoms with Gasteiger partial charge in [0.25, 0.3) is 5.91 Å². The fourth-order valence-electron chi connectivity index (χ4n) is 2.79. The highest BCUT2D eigenvalue weighted by Crippen LogP contribution is 2.22. The van der Waals surface area contributed by atoms with Gasteiger partial charge in [0.15, 0.2) is 0 Å². The van der Waals surface area contributed by atoms with Crippen LogP contribution in [0.5, 0.6) is 5.75 Å². The van der Waals surface area contributed by atoms with E-state index in [1.54, 1.807) is 6.20 Å². The minimum absolute atomic E-state index is 0.0954. The van der Waals surface area contributed by atoms with Crippen LogP contribution in [0.2, 0.25) is 0 Å². The number of fused-ring (bicyclic) bond motifs is 1. The molecule has 1 aromatic heterocycles. The Bertz CT molecular complexity index is 1120. The average molecular weight is 426 g/mol. The maximum absolute atomic E-state index is 12.2. The maximum atomic E-state index is 12.2. The molecular weight excluding hydrogens is 402 g/mol. The Morgan fingerprint density at radius 2 is 1.87 bits per heavy atom. The first-order valence-corrected chi connectivity index (χ1v) is 10.9. The minimum atomic E-state index is -3.61. The quantitative estimate of drug-likeness (QED) is 0.385. The Hall–Kier alpha value is -3.23. The zero-order valence-corrected chi connectivity index (χ0v) is 17.2. The van der Waals surface area contributed by atoms with Crippen molar-refractivity contribution in [1.29, 1.82) is 0 Å². The van der Waals surface area contributed by atoms with Gasteiger partial charge in [-0.1, -0.05) is 24.3 Å². The van der Waals surface area contributed by atoms with Crippen molar-refractivity contribution >= 4 is 26.8 Å². The molecule has 8 heteroatoms. The molecule has 1 amide bonds. The molecule has 0 aliphatic heterocycles. The van der Waals surface area contributed by atoms with E-state index in [-0.39, 0.29) is 17.3 Å². The van der Waals surface area contributed by atoms with E-state index in [0.717, 1.165) is 10.9 Å². The van der Waals surface area contributed by atoms with Crippen molar-refractivity contribution < 1.29 is 17.9 Å². The van der Waals surface area contributed by atoms with Gasteiger partial charge in [-0.15, -0.1) is 6.58 Å². The number of aromatic nitrogens is 1. The third-order valence-electron chi connectivity index (χ3n) is 4.30. The summed E-state index contributed by atoms with van der Waals surface area (Å²) in [5.74, 6) is 0.436. The lowest BCUT2D eigenvalue weighted by molar-refractivity contribution is 0.0951. The van der Waals surface area contributed by atoms with Gasteiger partial charge in [-0.25, -0.2) is 13.1 Å². The summed E-state index contributed by atoms with van der Waals surface area (Å²) >= 11 is 0. The number of ether oxygens (including phenoxy) is 1. The smallest absolute Gasteiger partial charge is 0.251 e. The molecular formula is C22H23N3O4S. The molecule has 0 aliphatic rings. The molecule has 2 aromatic carbocycles. The summed E-state index contributed by atoms with van der Waals surface area (Å²) in [7, 11) is -3.61. The summed E-state index contributed by atoms with van der Waals surface area (Å²) in [6, 6.07) is 15.4. The van der Waals surface area contributed by atoms with E-state index < -0.39 is 10.0 Å². The molecule has 0 aliphatic carbocycles. The third-order valence-corrected chi connectivity index (χ3v) is 5.74. The van der Waals surface area contributed by atoms with Gasteiger partial charge in [-0.05, 0) is 42.8 Å². The van der Waals surface area contributed by atoms with E-state index in [2.05, 4.69) is 21.6 Å². The first-order chi connectivity index (χ1) is 14.5. The Morgan fingerprint density at radius 1 is 1.10 bits per heavy atom. The van der Waals surface area contributed by atoms with Gasteiger partial charge in [0.1, 0.15) is 11.3 Å². The second-order valence-corrected chi connectivity index (χ2v) is 8.22. The first-order valence-electron chi connectivity index (χ1n) is 9.46. The Balaban J connectivity index is 1.47. The molecule has 7 nitrogen and oxygen atoms in total. The fourth-order valence-corrected chi connectivity index (χ4v) is 3.79. The van der Waals surface area contributed by atoms with Gasteiger partial charge >= 0.3 is 0 Å². The molecule has 0 unspecified atom stereocenters. The number of amides is 1. The van der Waals surface area contributed by atoms with Crippen LogP contribution in [0.25, 0.3) is 10.9 Å². The average Bonchev–Trinajstić information content (AvgIpc) is 2.77. The van der Waals surface area contributed by atoms with Crippen molar-refractivity contribution in [2.45, 2.75) is 11.3 Å². The zero-order chi connectivity index (χ0) is 21.4. The Kier molecular flexibility index (Phi) is 7.16. The number of sulfonamides is 1. The van der Waals surface area contributed by atoms with Crippen LogP contribution in [0, 0.1) is 0 Å². The standard InChI is InChI=1S/C22H23N3O4S/c1-2-13-25-30(27,28)19-11-9-18(10-12-19)22(26)24-15-5-16-29-20-8-3-6-17-7-4-14-23-21(17)20/h2-4,6-12,14,25H,1,5,13,15-16H2,(H,24,26). The molecule has 0 saturated carbocycles. The Morgan fingerprint density at radius 3 is 2.63 bits per heavy atom. The molecule has 3 rings (SSSR count). The lowest BCUT2D eigenvalue weighted by Crippen LogP contribution is -2.26. The second-order valence-electron chi connectivity index (χ2n) is 6.45. The number of hydrogen-bond acceptors (Lipinski definition) is 5. The molecule has 30 heavy (non-hydrogen) atoms. The number of carbonyl (C=O) groups excluding carboxylic acids is 1. The SMILES string of the molecule is C=CCNS(=O)(=O)c1ccc(C(=O)NCCCOc2cccc3cccnc23)cc1. The molecule has 0 fully saturated rings. The van der Waals surface area contributed by atoms with E-state index in [4.69, 9.17) is 4.74 Å². The first kappa shape index (κ1) is 21.5. The van der Waals surface area contributed by atoms with Crippen LogP contribution in [-0.2, 0) is 10.0 Å². The molecule has 0 saturated heterocycles. The van der Waals surface area contributed by atoms with Gasteiger partial charge in [0, 0.05) is 30.2 Å². The topological polar surface area (TPSA) is 97.4 Å². The molecule has 2 N–H and O–H groups in total. The lowest BCUT2D eigenvalue weighted by atomic mass is 10.2. The molecule has 0 bridgehead atoms. The fraction of sp³-hybridized carbons (Fsp3) is 0.182. The van der Waals surface area contributed by atoms with Crippen LogP contribution in [0.4, 0.5) is 0 Å². The summed E-state index contributed by atoms with van der Waals surface area (Å²) in [6.07, 6.45) is 3.80. The summed E-state index contributed by atoms with van der Waals surface area (Å²) in [5.41, 5.74) is 1.19. The second kappa shape index (κ2) is 10.00. The summed E-state index contributed by atoms with van der Waals surface area (Å²) < 4.78 is 32.3. The van der Waals surface area contributed by atoms with Crippen LogP contribution in [-0.4, -0.2) is 39.0 Å². The molecule has 0 radical (unpaired) electrons. The van der Waals surface area contributed by atoms with Crippen LogP contribution in [0.1, 0.15) is 16.8 Å². The van der Waals surface area contributed by atoms with Crippen molar-refractivity contribution in [2.75, 3.05) is 19.7 Å². The number of carbonyl (C=O) groups is 1. The van der Waals surface area contributed by atoms with Crippen molar-refractivity contribution in [3.05, 3.63) is 79.0 Å². The van der Waals surface area contributed by atoms with Gasteiger partial charge in [0.05, 0.1) is 11.5 Å². The van der Waals surface area contributed by atoms with E-state index in [9.17, 15) is 13.2 Å². The predicted octanol–water partition coefficient (Wildman–Crippen LogP) is 2.90. The summed E-state index contributed by atoms with van der Waals surface area (Å²) in [6.45, 7) is 4.48. The van der Waals surface area contributed by atoms with Crippen LogP contribution in [0.15, 0.2) is 78.3 Å². The number of para-hydroxylation sites is 1. The largest absolute Gasteiger partial charge is 0.491 e. The monoisotopic (exact) mass is 425 g/mol. The zero-order valence-electron chi connectivity index (χ0n) is 16.4. The number of hydrogen-bond donors (Lipinski definition) is 2. The maximum Gasteiger partial charge on any atom is 0.251 e. The number of benzene rings is 2. The van der Waals surface area contributed by atoms with Gasteiger partial charge in [-0.2, -0.15) is 0 Å². The highest BCUT2D eigenvalue weighted by Gasteiger charge is 2.13. The van der Waals surface area contributed by atoms with Crippen molar-refractivity contribution in [3.63, 3.8) is 0 Å². The van der Waals surface area contributed by atoms with Crippen molar-refractivity contribution in [1.82, 2.24) is 15.0 Å². The summed E-state index contributed by atoms with van der Waals surface area (Å²) in [4.78, 5) is 16.7. The highest BCUT2D eigenvalue weighted by atomic mass is 32.2. The van der Waals surface area contributed by atoms with Gasteiger partial charge in [0.2, 0.25) is 10.0 Å². The normalized spacial score (nSPS) is 11.2. The van der Waals surface area contributed by atoms with Crippen molar-refractivity contribution in [3.8, 4) is 5.75 Å². The summed E-state index contributed by atoms with van der Waals surface area (Å²) in [5, 5.41) is 3.81. The van der Waals surface area contributed by atoms with Crippen LogP contribution < -0.4 is 14.8 Å². The predicted molar refractivity (Wildman–Crippen MR) is 116 cm³/mol. The number of rotatable bonds is 10. The van der Waals surface area contributed by atoms with Crippen LogP contribution >= 0.6 is 0 Å². The molecule has 1 heterocycles. The lowest BCUT2D eigenvalue weighted by Gasteiger charge is -2.10. The Labute approximate surface area is 175 Å². The third kappa shape index (κ3) is 5.43. The highest BCUT2D eigenvalue weighted by molar-refractivity contribution is 7.89. The van der Waals surface area contributed by atoms with Gasteiger partial charge in [-0.3, -0.25) is 9.78 Å². The van der Waals surface area contributed by atoms with E-state index in [0.29, 0.717) is 30.9 Å². The number of nitrogens with zero attached hydrogens (tertiary/aromatic N) is 1. The van der Waals surface area contributed by atoms with E-state index in [1.807, 2.05) is 30.3 Å². The van der Waals surface area contributed by atoms with Crippen molar-refractivity contribution in [2.24, 2.45) is 0 Å². The van der Waals surface area contributed by atoms with Crippen LogP contribution in [0.3, 0.4) is 0 Å². The van der Waals surface area contributed by atoms with Gasteiger partial charge < -0.3 is 10.1 Å². The molecule has 0 spiro atoms. The number of pyridine rings is 1. The minimum Gasteiger partial charge on any atom is -0.491 e. The molecule has 156 valence electrons. The molecule has 0 atom stereocenters. The van der Waals surface area contributed by atoms with E-state index in [1.165, 1.54) is 30.3 Å².